The van der Waals surface area contributed by atoms with Gasteiger partial charge in [0, 0.05) is 0 Å². The molecule has 0 aliphatic rings. The Morgan fingerprint density at radius 2 is 2.00 bits per heavy atom. The van der Waals surface area contributed by atoms with Crippen LogP contribution in [0, 0.1) is 5.82 Å². The van der Waals surface area contributed by atoms with E-state index >= 15 is 0 Å². The third-order valence-electron chi connectivity index (χ3n) is 1.96. The lowest BCUT2D eigenvalue weighted by Gasteiger charge is -2.11. The number of Topliss-reactive ketones (excluding diaryl/α,β-unsaturated/α-hetero) is 1. The van der Waals surface area contributed by atoms with Crippen LogP contribution in [0.4, 0.5) is 17.6 Å². The molecule has 1 rings (SSSR count). The lowest BCUT2D eigenvalue weighted by molar-refractivity contribution is -0.139. The molecule has 0 N–H and O–H groups in total. The van der Waals surface area contributed by atoms with Crippen LogP contribution in [-0.4, -0.2) is 18.6 Å². The molecule has 0 unspecified atom stereocenters. The molecular formula is C11H10F4O2. The van der Waals surface area contributed by atoms with Crippen molar-refractivity contribution >= 4 is 5.78 Å². The van der Waals surface area contributed by atoms with Gasteiger partial charge in [-0.15, -0.1) is 0 Å². The van der Waals surface area contributed by atoms with Crippen molar-refractivity contribution in [1.29, 1.82) is 0 Å². The molecule has 0 saturated heterocycles. The molecule has 0 radical (unpaired) electrons. The normalized spacial score (nSPS) is 11.4. The molecule has 2 nitrogen and oxygen atoms in total. The van der Waals surface area contributed by atoms with Crippen LogP contribution in [0.3, 0.4) is 0 Å². The second kappa shape index (κ2) is 5.16. The van der Waals surface area contributed by atoms with E-state index in [9.17, 15) is 22.4 Å². The molecule has 0 aliphatic carbocycles. The highest BCUT2D eigenvalue weighted by Gasteiger charge is 2.27. The number of ketones is 1. The Hall–Kier alpha value is -1.59. The summed E-state index contributed by atoms with van der Waals surface area (Å²) in [5.41, 5.74) is -0.0628. The van der Waals surface area contributed by atoms with Crippen molar-refractivity contribution in [2.24, 2.45) is 0 Å². The topological polar surface area (TPSA) is 26.3 Å². The first-order chi connectivity index (χ1) is 7.79. The lowest BCUT2D eigenvalue weighted by atomic mass is 10.1. The van der Waals surface area contributed by atoms with Gasteiger partial charge in [-0.2, -0.15) is 13.2 Å². The molecule has 0 bridgehead atoms. The monoisotopic (exact) mass is 250 g/mol. The summed E-state index contributed by atoms with van der Waals surface area (Å²) in [7, 11) is 0. The van der Waals surface area contributed by atoms with E-state index in [1.54, 1.807) is 0 Å². The fraction of sp³-hybridized carbons (Fsp3) is 0.364. The third kappa shape index (κ3) is 4.42. The summed E-state index contributed by atoms with van der Waals surface area (Å²) in [4.78, 5) is 11.1. The fourth-order valence-corrected chi connectivity index (χ4v) is 1.18. The average Bonchev–Trinajstić information content (AvgIpc) is 2.18. The molecule has 0 atom stereocenters. The first-order valence-corrected chi connectivity index (χ1v) is 4.79. The maximum atomic E-state index is 12.8. The lowest BCUT2D eigenvalue weighted by Crippen LogP contribution is -2.14. The highest BCUT2D eigenvalue weighted by atomic mass is 19.4. The van der Waals surface area contributed by atoms with Crippen LogP contribution in [0.5, 0.6) is 5.75 Å². The van der Waals surface area contributed by atoms with Gasteiger partial charge in [-0.1, -0.05) is 0 Å². The fourth-order valence-electron chi connectivity index (χ4n) is 1.18. The van der Waals surface area contributed by atoms with Gasteiger partial charge in [-0.05, 0) is 25.1 Å². The van der Waals surface area contributed by atoms with E-state index in [2.05, 4.69) is 0 Å². The zero-order chi connectivity index (χ0) is 13.1. The smallest absolute Gasteiger partial charge is 0.392 e. The zero-order valence-corrected chi connectivity index (χ0v) is 8.97. The Bertz CT molecular complexity index is 412. The van der Waals surface area contributed by atoms with Gasteiger partial charge in [0.05, 0.1) is 18.6 Å². The van der Waals surface area contributed by atoms with Crippen molar-refractivity contribution < 1.29 is 27.1 Å². The summed E-state index contributed by atoms with van der Waals surface area (Å²) in [6.07, 6.45) is -5.45. The molecule has 94 valence electrons. The minimum Gasteiger partial charge on any atom is -0.492 e. The number of carbonyl (C=O) groups is 1. The van der Waals surface area contributed by atoms with Crippen LogP contribution in [0.1, 0.15) is 23.7 Å². The number of rotatable bonds is 4. The van der Waals surface area contributed by atoms with Crippen molar-refractivity contribution in [3.63, 3.8) is 0 Å². The van der Waals surface area contributed by atoms with Gasteiger partial charge < -0.3 is 4.74 Å². The summed E-state index contributed by atoms with van der Waals surface area (Å²) >= 11 is 0. The molecule has 0 heterocycles. The molecular weight excluding hydrogens is 240 g/mol. The molecule has 0 fully saturated rings. The van der Waals surface area contributed by atoms with Gasteiger partial charge in [0.15, 0.2) is 5.78 Å². The molecule has 17 heavy (non-hydrogen) atoms. The predicted octanol–water partition coefficient (Wildman–Crippen LogP) is 3.36. The van der Waals surface area contributed by atoms with Gasteiger partial charge in [0.1, 0.15) is 11.6 Å². The van der Waals surface area contributed by atoms with Crippen molar-refractivity contribution in [3.8, 4) is 5.75 Å². The number of hydrogen-bond donors (Lipinski definition) is 0. The standard InChI is InChI=1S/C11H10F4O2/c1-7(16)9-6-8(12)2-3-10(9)17-5-4-11(13,14)15/h2-3,6H,4-5H2,1H3. The summed E-state index contributed by atoms with van der Waals surface area (Å²) in [6.45, 7) is 0.584. The number of benzene rings is 1. The quantitative estimate of drug-likeness (QED) is 0.605. The van der Waals surface area contributed by atoms with Crippen LogP contribution < -0.4 is 4.74 Å². The number of alkyl halides is 3. The Balaban J connectivity index is 2.74. The van der Waals surface area contributed by atoms with Gasteiger partial charge >= 0.3 is 6.18 Å². The highest BCUT2D eigenvalue weighted by Crippen LogP contribution is 2.23. The van der Waals surface area contributed by atoms with Crippen molar-refractivity contribution in [3.05, 3.63) is 29.6 Å². The van der Waals surface area contributed by atoms with Gasteiger partial charge in [-0.3, -0.25) is 4.79 Å². The van der Waals surface area contributed by atoms with Gasteiger partial charge in [0.25, 0.3) is 0 Å². The van der Waals surface area contributed by atoms with Crippen LogP contribution >= 0.6 is 0 Å². The van der Waals surface area contributed by atoms with E-state index in [0.29, 0.717) is 0 Å². The van der Waals surface area contributed by atoms with E-state index in [0.717, 1.165) is 18.2 Å². The Morgan fingerprint density at radius 3 is 2.53 bits per heavy atom. The Morgan fingerprint density at radius 1 is 1.35 bits per heavy atom. The van der Waals surface area contributed by atoms with Crippen LogP contribution in [0.25, 0.3) is 0 Å². The molecule has 0 aliphatic heterocycles. The summed E-state index contributed by atoms with van der Waals surface area (Å²) < 4.78 is 53.3. The van der Waals surface area contributed by atoms with E-state index < -0.39 is 30.8 Å². The van der Waals surface area contributed by atoms with E-state index in [4.69, 9.17) is 4.74 Å². The Kier molecular flexibility index (Phi) is 4.09. The average molecular weight is 250 g/mol. The molecule has 0 amide bonds. The predicted molar refractivity (Wildman–Crippen MR) is 52.6 cm³/mol. The molecule has 0 spiro atoms. The maximum absolute atomic E-state index is 12.8. The molecule has 0 aromatic heterocycles. The minimum atomic E-state index is -4.32. The zero-order valence-electron chi connectivity index (χ0n) is 8.97. The highest BCUT2D eigenvalue weighted by molar-refractivity contribution is 5.96. The largest absolute Gasteiger partial charge is 0.492 e. The number of ether oxygens (including phenoxy) is 1. The first-order valence-electron chi connectivity index (χ1n) is 4.79. The second-order valence-corrected chi connectivity index (χ2v) is 3.41. The summed E-state index contributed by atoms with van der Waals surface area (Å²) in [5.74, 6) is -1.15. The first kappa shape index (κ1) is 13.5. The third-order valence-corrected chi connectivity index (χ3v) is 1.96. The maximum Gasteiger partial charge on any atom is 0.392 e. The van der Waals surface area contributed by atoms with Crippen LogP contribution in [0.15, 0.2) is 18.2 Å². The van der Waals surface area contributed by atoms with Gasteiger partial charge in [0.2, 0.25) is 0 Å². The van der Waals surface area contributed by atoms with Gasteiger partial charge in [-0.25, -0.2) is 4.39 Å². The summed E-state index contributed by atoms with van der Waals surface area (Å²) in [5, 5.41) is 0. The van der Waals surface area contributed by atoms with E-state index in [1.165, 1.54) is 6.92 Å². The summed E-state index contributed by atoms with van der Waals surface area (Å²) in [6, 6.07) is 3.10. The number of halogens is 4. The van der Waals surface area contributed by atoms with Crippen molar-refractivity contribution in [2.75, 3.05) is 6.61 Å². The molecule has 6 heteroatoms. The SMILES string of the molecule is CC(=O)c1cc(F)ccc1OCCC(F)(F)F. The molecule has 1 aromatic carbocycles. The number of carbonyl (C=O) groups excluding carboxylic acids is 1. The number of hydrogen-bond acceptors (Lipinski definition) is 2. The van der Waals surface area contributed by atoms with Crippen molar-refractivity contribution in [2.45, 2.75) is 19.5 Å². The van der Waals surface area contributed by atoms with Crippen LogP contribution in [0.2, 0.25) is 0 Å². The van der Waals surface area contributed by atoms with E-state index in [-0.39, 0.29) is 11.3 Å². The molecule has 0 saturated carbocycles. The Labute approximate surface area is 95.2 Å². The van der Waals surface area contributed by atoms with E-state index in [1.807, 2.05) is 0 Å². The molecule has 1 aromatic rings. The second-order valence-electron chi connectivity index (χ2n) is 3.41. The minimum absolute atomic E-state index is 0.0387. The van der Waals surface area contributed by atoms with Crippen molar-refractivity contribution in [1.82, 2.24) is 0 Å². The van der Waals surface area contributed by atoms with Crippen LogP contribution in [-0.2, 0) is 0 Å².